The number of aromatic nitrogens is 1. The fourth-order valence-corrected chi connectivity index (χ4v) is 6.38. The third-order valence-corrected chi connectivity index (χ3v) is 9.06. The van der Waals surface area contributed by atoms with Crippen molar-refractivity contribution in [3.63, 3.8) is 0 Å². The topological polar surface area (TPSA) is 161 Å². The Balaban J connectivity index is 1.36. The fourth-order valence-electron chi connectivity index (χ4n) is 6.38. The Hall–Kier alpha value is -4.56. The molecule has 2 fully saturated rings. The van der Waals surface area contributed by atoms with Crippen molar-refractivity contribution in [2.75, 3.05) is 19.8 Å². The number of amides is 3. The summed E-state index contributed by atoms with van der Waals surface area (Å²) in [6, 6.07) is 21.1. The molecule has 0 spiro atoms. The molecule has 286 valence electrons. The summed E-state index contributed by atoms with van der Waals surface area (Å²) in [5.41, 5.74) is 4.96. The molecule has 3 heterocycles. The van der Waals surface area contributed by atoms with E-state index in [1.54, 1.807) is 32.0 Å². The zero-order valence-corrected chi connectivity index (χ0v) is 31.4. The first-order chi connectivity index (χ1) is 25.1. The first-order valence-corrected chi connectivity index (χ1v) is 18.1. The summed E-state index contributed by atoms with van der Waals surface area (Å²) in [4.78, 5) is 44.6. The number of hydrogen-bond donors (Lipinski definition) is 4. The molecule has 0 saturated carbocycles. The largest absolute Gasteiger partial charge is 0.444 e. The van der Waals surface area contributed by atoms with Gasteiger partial charge in [-0.1, -0.05) is 81.4 Å². The zero-order chi connectivity index (χ0) is 38.2. The molecule has 5 rings (SSSR count). The average molecular weight is 732 g/mol. The second kappa shape index (κ2) is 17.5. The number of pyridine rings is 1. The van der Waals surface area contributed by atoms with Gasteiger partial charge in [0, 0.05) is 24.8 Å². The number of nitrogens with zero attached hydrogens (tertiary/aromatic N) is 2. The minimum Gasteiger partial charge on any atom is -0.444 e. The number of benzene rings is 2. The third-order valence-electron chi connectivity index (χ3n) is 9.06. The highest BCUT2D eigenvalue weighted by molar-refractivity contribution is 5.86. The van der Waals surface area contributed by atoms with Gasteiger partial charge >= 0.3 is 12.2 Å². The number of nitrogens with one attached hydrogen (secondary N) is 3. The Morgan fingerprint density at radius 1 is 0.906 bits per heavy atom. The number of aliphatic hydroxyl groups is 1. The fraction of sp³-hybridized carbons (Fsp3) is 0.500. The Morgan fingerprint density at radius 3 is 2.28 bits per heavy atom. The summed E-state index contributed by atoms with van der Waals surface area (Å²) in [5.74, 6) is -0.541. The highest BCUT2D eigenvalue weighted by atomic mass is 16.7. The molecule has 13 heteroatoms. The first kappa shape index (κ1) is 39.6. The van der Waals surface area contributed by atoms with E-state index in [1.165, 1.54) is 0 Å². The molecule has 4 N–H and O–H groups in total. The Bertz CT molecular complexity index is 1650. The van der Waals surface area contributed by atoms with Gasteiger partial charge < -0.3 is 34.7 Å². The summed E-state index contributed by atoms with van der Waals surface area (Å²) >= 11 is 0. The van der Waals surface area contributed by atoms with E-state index in [1.807, 2.05) is 93.6 Å². The molecule has 2 aromatic carbocycles. The maximum absolute atomic E-state index is 14.0. The summed E-state index contributed by atoms with van der Waals surface area (Å²) in [6.45, 7) is 11.6. The molecule has 3 aromatic rings. The van der Waals surface area contributed by atoms with Crippen molar-refractivity contribution in [2.24, 2.45) is 11.3 Å². The number of carbonyl (C=O) groups excluding carboxylic acids is 3. The number of fused-ring (bicyclic) bond motifs is 1. The molecular formula is C40H53N5O8. The molecule has 13 nitrogen and oxygen atoms in total. The van der Waals surface area contributed by atoms with E-state index in [0.717, 1.165) is 28.8 Å². The van der Waals surface area contributed by atoms with Gasteiger partial charge in [-0.25, -0.2) is 14.6 Å². The van der Waals surface area contributed by atoms with E-state index in [9.17, 15) is 19.5 Å². The van der Waals surface area contributed by atoms with Crippen LogP contribution in [-0.2, 0) is 36.7 Å². The molecule has 2 aliphatic heterocycles. The number of alkyl carbamates (subject to hydrolysis) is 2. The number of hydrogen-bond acceptors (Lipinski definition) is 10. The minimum atomic E-state index is -1.18. The van der Waals surface area contributed by atoms with E-state index < -0.39 is 53.4 Å². The van der Waals surface area contributed by atoms with E-state index in [2.05, 4.69) is 21.0 Å². The second-order valence-electron chi connectivity index (χ2n) is 15.7. The lowest BCUT2D eigenvalue weighted by Crippen LogP contribution is -2.59. The maximum atomic E-state index is 14.0. The van der Waals surface area contributed by atoms with Crippen molar-refractivity contribution in [3.8, 4) is 11.3 Å². The molecule has 0 bridgehead atoms. The number of hydrazine groups is 1. The standard InChI is InChI=1S/C40H53N5O8/c1-39(2,3)34(43-38(49)53-40(4,5)6)35(47)44-45(23-27-15-17-28(18-16-27)30-14-10-11-20-41-30)24-32(46)31(22-26-12-8-7-9-13-26)42-37(48)52-33-25-51-36-29(33)19-21-50-36/h7-18,20,29,31-34,36,46H,19,21-25H2,1-6H3,(H,42,48)(H,43,49)(H,44,47)/t29-,31-,32-,33-,34+,36+/m0/s1. The van der Waals surface area contributed by atoms with Gasteiger partial charge in [-0.05, 0) is 62.3 Å². The predicted octanol–water partition coefficient (Wildman–Crippen LogP) is 4.98. The number of aliphatic hydroxyl groups excluding tert-OH is 1. The average Bonchev–Trinajstić information content (AvgIpc) is 3.72. The van der Waals surface area contributed by atoms with Crippen LogP contribution in [0.15, 0.2) is 79.0 Å². The van der Waals surface area contributed by atoms with E-state index in [-0.39, 0.29) is 31.9 Å². The van der Waals surface area contributed by atoms with Gasteiger partial charge in [0.15, 0.2) is 6.29 Å². The highest BCUT2D eigenvalue weighted by Gasteiger charge is 2.44. The molecule has 53 heavy (non-hydrogen) atoms. The van der Waals surface area contributed by atoms with Crippen molar-refractivity contribution in [2.45, 2.75) is 97.1 Å². The normalized spacial score (nSPS) is 20.2. The predicted molar refractivity (Wildman–Crippen MR) is 198 cm³/mol. The van der Waals surface area contributed by atoms with Crippen LogP contribution in [0.25, 0.3) is 11.3 Å². The number of ether oxygens (including phenoxy) is 4. The van der Waals surface area contributed by atoms with Gasteiger partial charge in [-0.2, -0.15) is 0 Å². The van der Waals surface area contributed by atoms with Crippen LogP contribution in [0.4, 0.5) is 9.59 Å². The highest BCUT2D eigenvalue weighted by Crippen LogP contribution is 2.33. The Labute approximate surface area is 311 Å². The molecule has 2 aliphatic rings. The summed E-state index contributed by atoms with van der Waals surface area (Å²) < 4.78 is 22.5. The van der Waals surface area contributed by atoms with Crippen LogP contribution in [0, 0.1) is 11.3 Å². The Morgan fingerprint density at radius 2 is 1.62 bits per heavy atom. The molecule has 2 saturated heterocycles. The molecule has 1 aromatic heterocycles. The lowest BCUT2D eigenvalue weighted by atomic mass is 9.86. The smallest absolute Gasteiger partial charge is 0.408 e. The maximum Gasteiger partial charge on any atom is 0.408 e. The lowest BCUT2D eigenvalue weighted by molar-refractivity contribution is -0.131. The van der Waals surface area contributed by atoms with Crippen molar-refractivity contribution in [1.82, 2.24) is 26.1 Å². The van der Waals surface area contributed by atoms with Crippen LogP contribution >= 0.6 is 0 Å². The van der Waals surface area contributed by atoms with Gasteiger partial charge in [0.2, 0.25) is 0 Å². The molecule has 0 unspecified atom stereocenters. The number of carbonyl (C=O) groups is 3. The van der Waals surface area contributed by atoms with Gasteiger partial charge in [0.25, 0.3) is 5.91 Å². The third kappa shape index (κ3) is 11.7. The van der Waals surface area contributed by atoms with Crippen LogP contribution in [0.2, 0.25) is 0 Å². The van der Waals surface area contributed by atoms with Crippen LogP contribution in [-0.4, -0.2) is 89.1 Å². The van der Waals surface area contributed by atoms with Gasteiger partial charge in [0.05, 0.1) is 37.0 Å². The molecular weight excluding hydrogens is 678 g/mol. The second-order valence-corrected chi connectivity index (χ2v) is 15.7. The van der Waals surface area contributed by atoms with Crippen LogP contribution in [0.5, 0.6) is 0 Å². The summed E-state index contributed by atoms with van der Waals surface area (Å²) in [5, 5.41) is 19.1. The molecule has 0 aliphatic carbocycles. The van der Waals surface area contributed by atoms with Gasteiger partial charge in [-0.15, -0.1) is 0 Å². The van der Waals surface area contributed by atoms with E-state index in [0.29, 0.717) is 13.0 Å². The monoisotopic (exact) mass is 731 g/mol. The van der Waals surface area contributed by atoms with Gasteiger partial charge in [0.1, 0.15) is 17.7 Å². The van der Waals surface area contributed by atoms with Crippen molar-refractivity contribution < 1.29 is 38.4 Å². The molecule has 6 atom stereocenters. The Kier molecular flexibility index (Phi) is 13.1. The SMILES string of the molecule is CC(C)(C)OC(=O)N[C@H](C(=O)NN(Cc1ccc(-c2ccccn2)cc1)C[C@H](O)[C@H](Cc1ccccc1)NC(=O)O[C@H]1CO[C@H]2OCC[C@H]21)C(C)(C)C. The van der Waals surface area contributed by atoms with Crippen LogP contribution in [0.1, 0.15) is 59.1 Å². The first-order valence-electron chi connectivity index (χ1n) is 18.1. The van der Waals surface area contributed by atoms with Crippen molar-refractivity contribution in [3.05, 3.63) is 90.1 Å². The molecule has 3 amide bonds. The van der Waals surface area contributed by atoms with Crippen molar-refractivity contribution >= 4 is 18.1 Å². The van der Waals surface area contributed by atoms with Crippen LogP contribution in [0.3, 0.4) is 0 Å². The summed E-state index contributed by atoms with van der Waals surface area (Å²) in [6.07, 6.45) is -0.669. The van der Waals surface area contributed by atoms with E-state index in [4.69, 9.17) is 18.9 Å². The quantitative estimate of drug-likeness (QED) is 0.177. The lowest BCUT2D eigenvalue weighted by Gasteiger charge is -2.35. The van der Waals surface area contributed by atoms with Gasteiger partial charge in [-0.3, -0.25) is 15.2 Å². The van der Waals surface area contributed by atoms with Crippen LogP contribution < -0.4 is 16.1 Å². The minimum absolute atomic E-state index is 0.0435. The van der Waals surface area contributed by atoms with Crippen molar-refractivity contribution in [1.29, 1.82) is 0 Å². The zero-order valence-electron chi connectivity index (χ0n) is 31.4. The summed E-state index contributed by atoms with van der Waals surface area (Å²) in [7, 11) is 0. The van der Waals surface area contributed by atoms with E-state index >= 15 is 0 Å². The number of rotatable bonds is 13. The molecule has 0 radical (unpaired) electrons.